The first-order valence-corrected chi connectivity index (χ1v) is 7.97. The molecule has 2 aromatic rings. The van der Waals surface area contributed by atoms with E-state index in [1.807, 2.05) is 30.3 Å². The van der Waals surface area contributed by atoms with Crippen LogP contribution in [0.25, 0.3) is 11.1 Å². The van der Waals surface area contributed by atoms with Gasteiger partial charge in [0.1, 0.15) is 5.75 Å². The standard InChI is InChI=1S/C19H24N2O/c1-14-11-21(12-15(2)20-14)13-16-8-18(10-19(22)9-16)17-6-4-3-5-7-17/h3-10,14-15,20,22H,11-13H2,1-2H3/t14-,15+. The maximum absolute atomic E-state index is 10.1. The molecule has 0 amide bonds. The highest BCUT2D eigenvalue weighted by atomic mass is 16.3. The van der Waals surface area contributed by atoms with E-state index in [1.54, 1.807) is 0 Å². The van der Waals surface area contributed by atoms with E-state index in [1.165, 1.54) is 5.56 Å². The highest BCUT2D eigenvalue weighted by Gasteiger charge is 2.21. The average Bonchev–Trinajstić information content (AvgIpc) is 2.46. The van der Waals surface area contributed by atoms with Gasteiger partial charge in [0, 0.05) is 31.7 Å². The van der Waals surface area contributed by atoms with Crippen molar-refractivity contribution >= 4 is 0 Å². The summed E-state index contributed by atoms with van der Waals surface area (Å²) < 4.78 is 0. The molecule has 1 fully saturated rings. The Morgan fingerprint density at radius 2 is 1.68 bits per heavy atom. The largest absolute Gasteiger partial charge is 0.508 e. The van der Waals surface area contributed by atoms with Crippen LogP contribution in [-0.2, 0) is 6.54 Å². The van der Waals surface area contributed by atoms with E-state index in [0.717, 1.165) is 30.8 Å². The third-order valence-electron chi connectivity index (χ3n) is 4.12. The van der Waals surface area contributed by atoms with Crippen LogP contribution >= 0.6 is 0 Å². The van der Waals surface area contributed by atoms with Gasteiger partial charge in [-0.2, -0.15) is 0 Å². The molecular weight excluding hydrogens is 272 g/mol. The smallest absolute Gasteiger partial charge is 0.116 e. The zero-order valence-electron chi connectivity index (χ0n) is 13.3. The minimum atomic E-state index is 0.340. The van der Waals surface area contributed by atoms with Crippen molar-refractivity contribution in [2.24, 2.45) is 0 Å². The molecule has 116 valence electrons. The van der Waals surface area contributed by atoms with Crippen molar-refractivity contribution in [1.29, 1.82) is 0 Å². The van der Waals surface area contributed by atoms with Crippen molar-refractivity contribution in [3.8, 4) is 16.9 Å². The molecule has 2 aromatic carbocycles. The van der Waals surface area contributed by atoms with Crippen LogP contribution in [-0.4, -0.2) is 35.2 Å². The Kier molecular flexibility index (Phi) is 4.46. The number of phenols is 1. The molecule has 0 radical (unpaired) electrons. The number of aromatic hydroxyl groups is 1. The van der Waals surface area contributed by atoms with E-state index in [4.69, 9.17) is 0 Å². The molecule has 3 heteroatoms. The lowest BCUT2D eigenvalue weighted by molar-refractivity contribution is 0.166. The van der Waals surface area contributed by atoms with Gasteiger partial charge in [-0.1, -0.05) is 30.3 Å². The van der Waals surface area contributed by atoms with Gasteiger partial charge < -0.3 is 10.4 Å². The number of rotatable bonds is 3. The number of piperazine rings is 1. The average molecular weight is 296 g/mol. The summed E-state index contributed by atoms with van der Waals surface area (Å²) in [5.41, 5.74) is 3.38. The number of phenolic OH excluding ortho intramolecular Hbond substituents is 1. The lowest BCUT2D eigenvalue weighted by Crippen LogP contribution is -2.53. The first kappa shape index (κ1) is 15.1. The topological polar surface area (TPSA) is 35.5 Å². The van der Waals surface area contributed by atoms with Gasteiger partial charge in [0.15, 0.2) is 0 Å². The third kappa shape index (κ3) is 3.67. The van der Waals surface area contributed by atoms with Crippen molar-refractivity contribution in [2.75, 3.05) is 13.1 Å². The second-order valence-electron chi connectivity index (χ2n) is 6.42. The van der Waals surface area contributed by atoms with Crippen molar-refractivity contribution in [1.82, 2.24) is 10.2 Å². The third-order valence-corrected chi connectivity index (χ3v) is 4.12. The monoisotopic (exact) mass is 296 g/mol. The summed E-state index contributed by atoms with van der Waals surface area (Å²) >= 11 is 0. The molecule has 1 aliphatic rings. The minimum absolute atomic E-state index is 0.340. The van der Waals surface area contributed by atoms with Crippen LogP contribution in [0.2, 0.25) is 0 Å². The summed E-state index contributed by atoms with van der Waals surface area (Å²) in [6.45, 7) is 7.41. The van der Waals surface area contributed by atoms with Gasteiger partial charge in [-0.05, 0) is 48.7 Å². The van der Waals surface area contributed by atoms with Gasteiger partial charge in [0.05, 0.1) is 0 Å². The van der Waals surface area contributed by atoms with Crippen LogP contribution in [0.1, 0.15) is 19.4 Å². The van der Waals surface area contributed by atoms with E-state index in [-0.39, 0.29) is 0 Å². The molecule has 0 bridgehead atoms. The first-order chi connectivity index (χ1) is 10.6. The Hall–Kier alpha value is -1.84. The molecule has 22 heavy (non-hydrogen) atoms. The van der Waals surface area contributed by atoms with Crippen LogP contribution in [0.3, 0.4) is 0 Å². The van der Waals surface area contributed by atoms with Crippen LogP contribution < -0.4 is 5.32 Å². The van der Waals surface area contributed by atoms with Gasteiger partial charge in [0.25, 0.3) is 0 Å². The molecule has 0 aromatic heterocycles. The quantitative estimate of drug-likeness (QED) is 0.912. The molecule has 0 aliphatic carbocycles. The lowest BCUT2D eigenvalue weighted by Gasteiger charge is -2.36. The fourth-order valence-corrected chi connectivity index (χ4v) is 3.39. The molecule has 0 saturated carbocycles. The summed E-state index contributed by atoms with van der Waals surface area (Å²) in [5, 5.41) is 13.6. The molecule has 2 N–H and O–H groups in total. The Labute approximate surface area is 132 Å². The van der Waals surface area contributed by atoms with Crippen molar-refractivity contribution in [3.05, 3.63) is 54.1 Å². The first-order valence-electron chi connectivity index (χ1n) is 7.97. The van der Waals surface area contributed by atoms with Crippen LogP contribution in [0.15, 0.2) is 48.5 Å². The van der Waals surface area contributed by atoms with E-state index in [9.17, 15) is 5.11 Å². The number of benzene rings is 2. The lowest BCUT2D eigenvalue weighted by atomic mass is 10.0. The Bertz CT molecular complexity index is 617. The van der Waals surface area contributed by atoms with Crippen molar-refractivity contribution in [2.45, 2.75) is 32.5 Å². The molecule has 1 heterocycles. The van der Waals surface area contributed by atoms with Gasteiger partial charge in [-0.15, -0.1) is 0 Å². The highest BCUT2D eigenvalue weighted by molar-refractivity contribution is 5.65. The van der Waals surface area contributed by atoms with Crippen molar-refractivity contribution in [3.63, 3.8) is 0 Å². The molecule has 3 nitrogen and oxygen atoms in total. The fraction of sp³-hybridized carbons (Fsp3) is 0.368. The predicted molar refractivity (Wildman–Crippen MR) is 90.9 cm³/mol. The SMILES string of the molecule is C[C@@H]1CN(Cc2cc(O)cc(-c3ccccc3)c2)C[C@H](C)N1. The van der Waals surface area contributed by atoms with Gasteiger partial charge in [-0.3, -0.25) is 4.90 Å². The number of nitrogens with zero attached hydrogens (tertiary/aromatic N) is 1. The Morgan fingerprint density at radius 1 is 1.00 bits per heavy atom. The second kappa shape index (κ2) is 6.51. The van der Waals surface area contributed by atoms with E-state index in [0.29, 0.717) is 17.8 Å². The second-order valence-corrected chi connectivity index (χ2v) is 6.42. The summed E-state index contributed by atoms with van der Waals surface area (Å²) in [5.74, 6) is 0.340. The predicted octanol–water partition coefficient (Wildman–Crippen LogP) is 3.24. The van der Waals surface area contributed by atoms with Crippen LogP contribution in [0, 0.1) is 0 Å². The zero-order valence-corrected chi connectivity index (χ0v) is 13.3. The summed E-state index contributed by atoms with van der Waals surface area (Å²) in [7, 11) is 0. The summed E-state index contributed by atoms with van der Waals surface area (Å²) in [6, 6.07) is 17.1. The maximum Gasteiger partial charge on any atom is 0.116 e. The molecule has 3 rings (SSSR count). The fourth-order valence-electron chi connectivity index (χ4n) is 3.39. The normalized spacial score (nSPS) is 22.6. The summed E-state index contributed by atoms with van der Waals surface area (Å²) in [4.78, 5) is 2.45. The molecule has 0 unspecified atom stereocenters. The number of hydrogen-bond donors (Lipinski definition) is 2. The molecule has 1 aliphatic heterocycles. The van der Waals surface area contributed by atoms with Crippen LogP contribution in [0.5, 0.6) is 5.75 Å². The highest BCUT2D eigenvalue weighted by Crippen LogP contribution is 2.26. The minimum Gasteiger partial charge on any atom is -0.508 e. The summed E-state index contributed by atoms with van der Waals surface area (Å²) in [6.07, 6.45) is 0. The number of hydrogen-bond acceptors (Lipinski definition) is 3. The van der Waals surface area contributed by atoms with Crippen LogP contribution in [0.4, 0.5) is 0 Å². The maximum atomic E-state index is 10.1. The van der Waals surface area contributed by atoms with E-state index >= 15 is 0 Å². The van der Waals surface area contributed by atoms with Crippen molar-refractivity contribution < 1.29 is 5.11 Å². The zero-order chi connectivity index (χ0) is 15.5. The molecule has 1 saturated heterocycles. The van der Waals surface area contributed by atoms with E-state index in [2.05, 4.69) is 42.3 Å². The van der Waals surface area contributed by atoms with E-state index < -0.39 is 0 Å². The molecular formula is C19H24N2O. The van der Waals surface area contributed by atoms with Gasteiger partial charge in [0.2, 0.25) is 0 Å². The van der Waals surface area contributed by atoms with Gasteiger partial charge in [-0.25, -0.2) is 0 Å². The molecule has 0 spiro atoms. The van der Waals surface area contributed by atoms with Gasteiger partial charge >= 0.3 is 0 Å². The molecule has 2 atom stereocenters. The Morgan fingerprint density at radius 3 is 2.36 bits per heavy atom. The number of nitrogens with one attached hydrogen (secondary N) is 1. The Balaban J connectivity index is 1.81.